The average molecular weight is 172 g/mol. The van der Waals surface area contributed by atoms with Gasteiger partial charge in [0.2, 0.25) is 0 Å². The lowest BCUT2D eigenvalue weighted by Gasteiger charge is -2.38. The van der Waals surface area contributed by atoms with Crippen LogP contribution >= 0.6 is 0 Å². The zero-order valence-electron chi connectivity index (χ0n) is 8.10. The summed E-state index contributed by atoms with van der Waals surface area (Å²) in [7, 11) is 1.71. The van der Waals surface area contributed by atoms with Crippen LogP contribution in [0.5, 0.6) is 0 Å². The van der Waals surface area contributed by atoms with Crippen molar-refractivity contribution >= 4 is 0 Å². The first kappa shape index (κ1) is 9.96. The SMILES string of the molecule is COCC(N)C1(C)CCNCC1. The lowest BCUT2D eigenvalue weighted by Crippen LogP contribution is -2.48. The van der Waals surface area contributed by atoms with E-state index >= 15 is 0 Å². The van der Waals surface area contributed by atoms with Crippen molar-refractivity contribution < 1.29 is 4.74 Å². The zero-order valence-corrected chi connectivity index (χ0v) is 8.10. The first-order valence-electron chi connectivity index (χ1n) is 4.64. The third-order valence-electron chi connectivity index (χ3n) is 2.99. The molecule has 0 aromatic carbocycles. The van der Waals surface area contributed by atoms with Gasteiger partial charge in [0.25, 0.3) is 0 Å². The Hall–Kier alpha value is -0.120. The quantitative estimate of drug-likeness (QED) is 0.646. The van der Waals surface area contributed by atoms with Gasteiger partial charge in [-0.3, -0.25) is 0 Å². The molecule has 0 spiro atoms. The maximum atomic E-state index is 6.04. The third-order valence-corrected chi connectivity index (χ3v) is 2.99. The Balaban J connectivity index is 2.44. The van der Waals surface area contributed by atoms with E-state index in [0.717, 1.165) is 25.9 Å². The first-order valence-corrected chi connectivity index (χ1v) is 4.64. The van der Waals surface area contributed by atoms with Gasteiger partial charge in [-0.25, -0.2) is 0 Å². The van der Waals surface area contributed by atoms with Crippen LogP contribution in [-0.4, -0.2) is 32.8 Å². The van der Waals surface area contributed by atoms with E-state index in [1.54, 1.807) is 7.11 Å². The molecule has 1 atom stereocenters. The van der Waals surface area contributed by atoms with Gasteiger partial charge >= 0.3 is 0 Å². The lowest BCUT2D eigenvalue weighted by atomic mass is 9.75. The third kappa shape index (κ3) is 2.19. The fourth-order valence-electron chi connectivity index (χ4n) is 1.75. The highest BCUT2D eigenvalue weighted by molar-refractivity contribution is 4.89. The van der Waals surface area contributed by atoms with E-state index in [9.17, 15) is 0 Å². The summed E-state index contributed by atoms with van der Waals surface area (Å²) in [5.41, 5.74) is 6.32. The summed E-state index contributed by atoms with van der Waals surface area (Å²) < 4.78 is 5.08. The fraction of sp³-hybridized carbons (Fsp3) is 1.00. The Bertz CT molecular complexity index is 132. The number of nitrogens with one attached hydrogen (secondary N) is 1. The predicted molar refractivity (Wildman–Crippen MR) is 50.1 cm³/mol. The summed E-state index contributed by atoms with van der Waals surface area (Å²) in [5, 5.41) is 3.34. The van der Waals surface area contributed by atoms with Gasteiger partial charge in [0.1, 0.15) is 0 Å². The fourth-order valence-corrected chi connectivity index (χ4v) is 1.75. The molecule has 1 aliphatic rings. The topological polar surface area (TPSA) is 47.3 Å². The monoisotopic (exact) mass is 172 g/mol. The second kappa shape index (κ2) is 4.21. The van der Waals surface area contributed by atoms with Crippen LogP contribution in [0.25, 0.3) is 0 Å². The maximum Gasteiger partial charge on any atom is 0.0619 e. The minimum absolute atomic E-state index is 0.185. The normalized spacial score (nSPS) is 25.2. The van der Waals surface area contributed by atoms with E-state index in [-0.39, 0.29) is 11.5 Å². The second-order valence-electron chi connectivity index (χ2n) is 3.97. The van der Waals surface area contributed by atoms with Crippen molar-refractivity contribution in [2.24, 2.45) is 11.1 Å². The van der Waals surface area contributed by atoms with Gasteiger partial charge in [-0.1, -0.05) is 6.92 Å². The molecule has 3 heteroatoms. The Labute approximate surface area is 74.7 Å². The van der Waals surface area contributed by atoms with Gasteiger partial charge in [0.05, 0.1) is 6.61 Å². The molecule has 3 N–H and O–H groups in total. The number of methoxy groups -OCH3 is 1. The Morgan fingerprint density at radius 1 is 1.50 bits per heavy atom. The van der Waals surface area contributed by atoms with Gasteiger partial charge in [-0.05, 0) is 31.3 Å². The molecule has 1 fully saturated rings. The number of hydrogen-bond donors (Lipinski definition) is 2. The van der Waals surface area contributed by atoms with E-state index < -0.39 is 0 Å². The number of hydrogen-bond acceptors (Lipinski definition) is 3. The first-order chi connectivity index (χ1) is 5.69. The Morgan fingerprint density at radius 2 is 2.08 bits per heavy atom. The highest BCUT2D eigenvalue weighted by atomic mass is 16.5. The van der Waals surface area contributed by atoms with Crippen LogP contribution in [0.3, 0.4) is 0 Å². The molecule has 1 rings (SSSR count). The van der Waals surface area contributed by atoms with E-state index in [1.165, 1.54) is 0 Å². The second-order valence-corrected chi connectivity index (χ2v) is 3.97. The lowest BCUT2D eigenvalue weighted by molar-refractivity contribution is 0.0945. The maximum absolute atomic E-state index is 6.04. The molecule has 0 aliphatic carbocycles. The number of rotatable bonds is 3. The molecule has 12 heavy (non-hydrogen) atoms. The van der Waals surface area contributed by atoms with Crippen molar-refractivity contribution in [2.75, 3.05) is 26.8 Å². The van der Waals surface area contributed by atoms with Crippen LogP contribution in [0.1, 0.15) is 19.8 Å². The number of ether oxygens (including phenoxy) is 1. The minimum Gasteiger partial charge on any atom is -0.383 e. The Kier molecular flexibility index (Phi) is 3.50. The van der Waals surface area contributed by atoms with Crippen molar-refractivity contribution in [2.45, 2.75) is 25.8 Å². The van der Waals surface area contributed by atoms with Crippen LogP contribution in [0.15, 0.2) is 0 Å². The largest absolute Gasteiger partial charge is 0.383 e. The standard InChI is InChI=1S/C9H20N2O/c1-9(8(10)7-12-2)3-5-11-6-4-9/h8,11H,3-7,10H2,1-2H3. The number of piperidine rings is 1. The Morgan fingerprint density at radius 3 is 2.58 bits per heavy atom. The summed E-state index contributed by atoms with van der Waals surface area (Å²) in [4.78, 5) is 0. The van der Waals surface area contributed by atoms with E-state index in [2.05, 4.69) is 12.2 Å². The minimum atomic E-state index is 0.185. The molecular weight excluding hydrogens is 152 g/mol. The molecule has 72 valence electrons. The molecule has 3 nitrogen and oxygen atoms in total. The van der Waals surface area contributed by atoms with Crippen LogP contribution in [0.4, 0.5) is 0 Å². The van der Waals surface area contributed by atoms with Gasteiger partial charge in [0.15, 0.2) is 0 Å². The van der Waals surface area contributed by atoms with Crippen molar-refractivity contribution in [3.63, 3.8) is 0 Å². The van der Waals surface area contributed by atoms with Crippen molar-refractivity contribution in [1.82, 2.24) is 5.32 Å². The molecule has 1 unspecified atom stereocenters. The molecule has 0 bridgehead atoms. The van der Waals surface area contributed by atoms with E-state index in [4.69, 9.17) is 10.5 Å². The van der Waals surface area contributed by atoms with Gasteiger partial charge < -0.3 is 15.8 Å². The summed E-state index contributed by atoms with van der Waals surface area (Å²) in [6, 6.07) is 0.185. The highest BCUT2D eigenvalue weighted by Gasteiger charge is 2.32. The molecule has 1 heterocycles. The molecule has 1 aliphatic heterocycles. The predicted octanol–water partition coefficient (Wildman–Crippen LogP) is 0.350. The molecule has 0 amide bonds. The molecule has 1 saturated heterocycles. The van der Waals surface area contributed by atoms with Crippen LogP contribution < -0.4 is 11.1 Å². The van der Waals surface area contributed by atoms with Gasteiger partial charge in [-0.2, -0.15) is 0 Å². The summed E-state index contributed by atoms with van der Waals surface area (Å²) in [5.74, 6) is 0. The average Bonchev–Trinajstić information content (AvgIpc) is 2.06. The molecule has 0 aromatic heterocycles. The van der Waals surface area contributed by atoms with Crippen LogP contribution in [0.2, 0.25) is 0 Å². The van der Waals surface area contributed by atoms with Crippen molar-refractivity contribution in [1.29, 1.82) is 0 Å². The van der Waals surface area contributed by atoms with Crippen LogP contribution in [0, 0.1) is 5.41 Å². The molecule has 0 radical (unpaired) electrons. The highest BCUT2D eigenvalue weighted by Crippen LogP contribution is 2.30. The van der Waals surface area contributed by atoms with Crippen LogP contribution in [-0.2, 0) is 4.74 Å². The van der Waals surface area contributed by atoms with E-state index in [1.807, 2.05) is 0 Å². The van der Waals surface area contributed by atoms with Crippen molar-refractivity contribution in [3.8, 4) is 0 Å². The van der Waals surface area contributed by atoms with Gasteiger partial charge in [-0.15, -0.1) is 0 Å². The molecule has 0 aromatic rings. The van der Waals surface area contributed by atoms with Gasteiger partial charge in [0, 0.05) is 13.2 Å². The summed E-state index contributed by atoms with van der Waals surface area (Å²) >= 11 is 0. The smallest absolute Gasteiger partial charge is 0.0619 e. The summed E-state index contributed by atoms with van der Waals surface area (Å²) in [6.07, 6.45) is 2.33. The summed E-state index contributed by atoms with van der Waals surface area (Å²) in [6.45, 7) is 5.12. The van der Waals surface area contributed by atoms with E-state index in [0.29, 0.717) is 6.61 Å². The molecular formula is C9H20N2O. The molecule has 0 saturated carbocycles. The van der Waals surface area contributed by atoms with Crippen molar-refractivity contribution in [3.05, 3.63) is 0 Å². The number of nitrogens with two attached hydrogens (primary N) is 1. The zero-order chi connectivity index (χ0) is 9.03.